The van der Waals surface area contributed by atoms with Crippen LogP contribution in [0.3, 0.4) is 0 Å². The standard InChI is InChI=1S/C11H8FN5O2/c1-18-7-4-2-3-6(12)8(7)11-15-10(17-19-11)9-13-5-14-16-9/h2-5H,1H3,(H,13,14,16). The van der Waals surface area contributed by atoms with Gasteiger partial charge in [0.15, 0.2) is 5.82 Å². The van der Waals surface area contributed by atoms with E-state index in [0.717, 1.165) is 0 Å². The van der Waals surface area contributed by atoms with E-state index in [9.17, 15) is 4.39 Å². The number of nitrogens with zero attached hydrogens (tertiary/aromatic N) is 4. The first-order chi connectivity index (χ1) is 9.29. The summed E-state index contributed by atoms with van der Waals surface area (Å²) in [6, 6.07) is 4.43. The molecule has 0 aliphatic rings. The number of benzene rings is 1. The fourth-order valence-electron chi connectivity index (χ4n) is 1.62. The number of aromatic amines is 1. The van der Waals surface area contributed by atoms with E-state index >= 15 is 0 Å². The lowest BCUT2D eigenvalue weighted by Crippen LogP contribution is -1.92. The van der Waals surface area contributed by atoms with Crippen LogP contribution in [0.2, 0.25) is 0 Å². The zero-order valence-corrected chi connectivity index (χ0v) is 9.79. The highest BCUT2D eigenvalue weighted by molar-refractivity contribution is 5.64. The number of hydrogen-bond donors (Lipinski definition) is 1. The minimum Gasteiger partial charge on any atom is -0.496 e. The van der Waals surface area contributed by atoms with Gasteiger partial charge in [-0.25, -0.2) is 9.37 Å². The Hall–Kier alpha value is -2.77. The van der Waals surface area contributed by atoms with Gasteiger partial charge in [0.05, 0.1) is 7.11 Å². The van der Waals surface area contributed by atoms with Crippen molar-refractivity contribution in [3.05, 3.63) is 30.3 Å². The summed E-state index contributed by atoms with van der Waals surface area (Å²) in [6.07, 6.45) is 1.31. The smallest absolute Gasteiger partial charge is 0.265 e. The number of hydrogen-bond acceptors (Lipinski definition) is 6. The second-order valence-corrected chi connectivity index (χ2v) is 3.57. The van der Waals surface area contributed by atoms with Crippen LogP contribution in [0.1, 0.15) is 0 Å². The quantitative estimate of drug-likeness (QED) is 0.771. The average molecular weight is 261 g/mol. The van der Waals surface area contributed by atoms with Crippen LogP contribution in [0.15, 0.2) is 29.0 Å². The lowest BCUT2D eigenvalue weighted by Gasteiger charge is -2.04. The first kappa shape index (κ1) is 11.3. The Bertz CT molecular complexity index is 695. The largest absolute Gasteiger partial charge is 0.496 e. The molecule has 0 saturated carbocycles. The van der Waals surface area contributed by atoms with Crippen molar-refractivity contribution in [3.63, 3.8) is 0 Å². The molecule has 0 bridgehead atoms. The van der Waals surface area contributed by atoms with E-state index in [1.165, 1.54) is 25.6 Å². The van der Waals surface area contributed by atoms with E-state index in [0.29, 0.717) is 11.6 Å². The summed E-state index contributed by atoms with van der Waals surface area (Å²) in [5.74, 6) is 0.351. The normalized spacial score (nSPS) is 10.6. The molecule has 96 valence electrons. The van der Waals surface area contributed by atoms with Gasteiger partial charge in [0.1, 0.15) is 23.5 Å². The minimum atomic E-state index is -0.507. The van der Waals surface area contributed by atoms with Gasteiger partial charge in [-0.1, -0.05) is 11.2 Å². The molecule has 0 aliphatic carbocycles. The average Bonchev–Trinajstić information content (AvgIpc) is 3.08. The zero-order chi connectivity index (χ0) is 13.2. The fourth-order valence-corrected chi connectivity index (χ4v) is 1.62. The van der Waals surface area contributed by atoms with Gasteiger partial charge in [0.25, 0.3) is 5.89 Å². The molecule has 2 heterocycles. The predicted octanol–water partition coefficient (Wildman–Crippen LogP) is 1.67. The molecule has 0 aliphatic heterocycles. The van der Waals surface area contributed by atoms with E-state index in [-0.39, 0.29) is 17.3 Å². The van der Waals surface area contributed by atoms with Crippen LogP contribution in [0.25, 0.3) is 23.1 Å². The molecule has 7 nitrogen and oxygen atoms in total. The molecule has 19 heavy (non-hydrogen) atoms. The maximum atomic E-state index is 13.8. The third-order valence-electron chi connectivity index (χ3n) is 2.46. The maximum absolute atomic E-state index is 13.8. The summed E-state index contributed by atoms with van der Waals surface area (Å²) < 4.78 is 23.9. The van der Waals surface area contributed by atoms with Crippen LogP contribution in [0, 0.1) is 5.82 Å². The number of ether oxygens (including phenoxy) is 1. The minimum absolute atomic E-state index is 0.0151. The van der Waals surface area contributed by atoms with Crippen molar-refractivity contribution in [2.24, 2.45) is 0 Å². The van der Waals surface area contributed by atoms with Gasteiger partial charge in [0.2, 0.25) is 5.82 Å². The Balaban J connectivity index is 2.09. The van der Waals surface area contributed by atoms with Gasteiger partial charge in [-0.3, -0.25) is 5.10 Å². The molecule has 1 aromatic carbocycles. The van der Waals surface area contributed by atoms with Crippen molar-refractivity contribution in [2.45, 2.75) is 0 Å². The summed E-state index contributed by atoms with van der Waals surface area (Å²) in [7, 11) is 1.44. The van der Waals surface area contributed by atoms with Crippen molar-refractivity contribution in [1.82, 2.24) is 25.3 Å². The Morgan fingerprint density at radius 3 is 3.00 bits per heavy atom. The van der Waals surface area contributed by atoms with Gasteiger partial charge in [0, 0.05) is 0 Å². The second-order valence-electron chi connectivity index (χ2n) is 3.57. The lowest BCUT2D eigenvalue weighted by atomic mass is 10.2. The molecule has 0 radical (unpaired) electrons. The van der Waals surface area contributed by atoms with Gasteiger partial charge >= 0.3 is 0 Å². The maximum Gasteiger partial charge on any atom is 0.265 e. The molecule has 0 unspecified atom stereocenters. The Labute approximate surface area is 106 Å². The lowest BCUT2D eigenvalue weighted by molar-refractivity contribution is 0.401. The number of H-pyrrole nitrogens is 1. The number of rotatable bonds is 3. The molecule has 0 atom stereocenters. The third kappa shape index (κ3) is 1.92. The molecule has 1 N–H and O–H groups in total. The number of halogens is 1. The third-order valence-corrected chi connectivity index (χ3v) is 2.46. The number of methoxy groups -OCH3 is 1. The SMILES string of the molecule is COc1cccc(F)c1-c1nc(-c2ncn[nH]2)no1. The van der Waals surface area contributed by atoms with E-state index < -0.39 is 5.82 Å². The highest BCUT2D eigenvalue weighted by Crippen LogP contribution is 2.31. The Morgan fingerprint density at radius 1 is 1.37 bits per heavy atom. The summed E-state index contributed by atoms with van der Waals surface area (Å²) in [5, 5.41) is 9.98. The van der Waals surface area contributed by atoms with E-state index in [2.05, 4.69) is 25.3 Å². The molecular weight excluding hydrogens is 253 g/mol. The predicted molar refractivity (Wildman–Crippen MR) is 61.6 cm³/mol. The highest BCUT2D eigenvalue weighted by atomic mass is 19.1. The Morgan fingerprint density at radius 2 is 2.26 bits per heavy atom. The van der Waals surface area contributed by atoms with Crippen LogP contribution in [0.4, 0.5) is 4.39 Å². The summed E-state index contributed by atoms with van der Waals surface area (Å²) >= 11 is 0. The molecular formula is C11H8FN5O2. The van der Waals surface area contributed by atoms with E-state index in [4.69, 9.17) is 9.26 Å². The Kier molecular flexibility index (Phi) is 2.67. The first-order valence-corrected chi connectivity index (χ1v) is 5.32. The molecule has 3 rings (SSSR count). The molecule has 0 amide bonds. The summed E-state index contributed by atoms with van der Waals surface area (Å²) in [4.78, 5) is 7.94. The van der Waals surface area contributed by atoms with Crippen molar-refractivity contribution < 1.29 is 13.7 Å². The molecule has 0 saturated heterocycles. The molecule has 0 spiro atoms. The zero-order valence-electron chi connectivity index (χ0n) is 9.79. The van der Waals surface area contributed by atoms with Gasteiger partial charge in [-0.15, -0.1) is 0 Å². The van der Waals surface area contributed by atoms with Gasteiger partial charge < -0.3 is 9.26 Å². The van der Waals surface area contributed by atoms with E-state index in [1.54, 1.807) is 6.07 Å². The fraction of sp³-hybridized carbons (Fsp3) is 0.0909. The van der Waals surface area contributed by atoms with Crippen molar-refractivity contribution in [3.8, 4) is 28.9 Å². The van der Waals surface area contributed by atoms with Crippen LogP contribution in [0.5, 0.6) is 5.75 Å². The van der Waals surface area contributed by atoms with Crippen LogP contribution >= 0.6 is 0 Å². The summed E-state index contributed by atoms with van der Waals surface area (Å²) in [5.41, 5.74) is 0.114. The molecule has 3 aromatic rings. The van der Waals surface area contributed by atoms with Crippen LogP contribution in [-0.2, 0) is 0 Å². The second kappa shape index (κ2) is 4.48. The monoisotopic (exact) mass is 261 g/mol. The van der Waals surface area contributed by atoms with Crippen molar-refractivity contribution >= 4 is 0 Å². The van der Waals surface area contributed by atoms with Crippen molar-refractivity contribution in [1.29, 1.82) is 0 Å². The summed E-state index contributed by atoms with van der Waals surface area (Å²) in [6.45, 7) is 0. The number of aromatic nitrogens is 5. The van der Waals surface area contributed by atoms with Gasteiger partial charge in [-0.05, 0) is 12.1 Å². The molecule has 2 aromatic heterocycles. The first-order valence-electron chi connectivity index (χ1n) is 5.32. The van der Waals surface area contributed by atoms with Crippen molar-refractivity contribution in [2.75, 3.05) is 7.11 Å². The van der Waals surface area contributed by atoms with Gasteiger partial charge in [-0.2, -0.15) is 10.1 Å². The highest BCUT2D eigenvalue weighted by Gasteiger charge is 2.19. The topological polar surface area (TPSA) is 89.7 Å². The van der Waals surface area contributed by atoms with E-state index in [1.807, 2.05) is 0 Å². The molecule has 0 fully saturated rings. The molecule has 8 heteroatoms. The van der Waals surface area contributed by atoms with Crippen LogP contribution in [-0.4, -0.2) is 32.4 Å². The van der Waals surface area contributed by atoms with Crippen LogP contribution < -0.4 is 4.74 Å². The number of nitrogens with one attached hydrogen (secondary N) is 1.